The molecule has 0 N–H and O–H groups in total. The lowest BCUT2D eigenvalue weighted by molar-refractivity contribution is 0.213. The number of nitrogens with zero attached hydrogens (tertiary/aromatic N) is 5. The molecular weight excluding hydrogens is 354 g/mol. The van der Waals surface area contributed by atoms with Gasteiger partial charge < -0.3 is 9.80 Å². The molecule has 0 saturated carbocycles. The highest BCUT2D eigenvalue weighted by Gasteiger charge is 2.35. The van der Waals surface area contributed by atoms with Crippen LogP contribution in [0.1, 0.15) is 17.9 Å². The first kappa shape index (κ1) is 18.3. The van der Waals surface area contributed by atoms with E-state index in [9.17, 15) is 9.59 Å². The van der Waals surface area contributed by atoms with Gasteiger partial charge in [-0.15, -0.1) is 0 Å². The molecule has 7 nitrogen and oxygen atoms in total. The van der Waals surface area contributed by atoms with Crippen LogP contribution in [0, 0.1) is 0 Å². The molecule has 1 aromatic heterocycles. The molecule has 3 heterocycles. The Morgan fingerprint density at radius 2 is 1.71 bits per heavy atom. The van der Waals surface area contributed by atoms with Crippen molar-refractivity contribution in [1.82, 2.24) is 14.8 Å². The normalized spacial score (nSPS) is 18.8. The quantitative estimate of drug-likeness (QED) is 0.765. The van der Waals surface area contributed by atoms with Crippen LogP contribution in [0.2, 0.25) is 0 Å². The number of anilines is 2. The molecule has 2 aliphatic heterocycles. The Hall–Kier alpha value is -3.09. The Labute approximate surface area is 165 Å². The number of hydrogen-bond donors (Lipinski definition) is 0. The van der Waals surface area contributed by atoms with Gasteiger partial charge in [0.1, 0.15) is 0 Å². The molecule has 0 radical (unpaired) electrons. The molecule has 1 atom stereocenters. The number of hydrogen-bond acceptors (Lipinski definition) is 3. The smallest absolute Gasteiger partial charge is 0.324 e. The van der Waals surface area contributed by atoms with Crippen molar-refractivity contribution in [2.24, 2.45) is 0 Å². The number of aromatic nitrogens is 1. The van der Waals surface area contributed by atoms with Crippen LogP contribution >= 0.6 is 0 Å². The van der Waals surface area contributed by atoms with Crippen molar-refractivity contribution in [1.29, 1.82) is 0 Å². The fourth-order valence-electron chi connectivity index (χ4n) is 3.99. The standard InChI is InChI=1S/C21H25N5O2/c1-23(2)20(27)25-12-13-26(19-8-4-3-7-18(19)25)21(28)24-11-9-17(15-24)16-6-5-10-22-14-16/h3-8,10,14,17H,9,11-13,15H2,1-2H3. The maximum absolute atomic E-state index is 13.3. The highest BCUT2D eigenvalue weighted by molar-refractivity contribution is 6.03. The lowest BCUT2D eigenvalue weighted by atomic mass is 10.0. The van der Waals surface area contributed by atoms with Crippen molar-refractivity contribution >= 4 is 23.4 Å². The Morgan fingerprint density at radius 3 is 2.39 bits per heavy atom. The molecule has 7 heteroatoms. The van der Waals surface area contributed by atoms with Gasteiger partial charge in [-0.05, 0) is 30.2 Å². The van der Waals surface area contributed by atoms with Crippen molar-refractivity contribution < 1.29 is 9.59 Å². The number of pyridine rings is 1. The van der Waals surface area contributed by atoms with Crippen molar-refractivity contribution in [3.8, 4) is 0 Å². The molecule has 28 heavy (non-hydrogen) atoms. The van der Waals surface area contributed by atoms with Gasteiger partial charge >= 0.3 is 12.1 Å². The lowest BCUT2D eigenvalue weighted by Gasteiger charge is -2.38. The SMILES string of the molecule is CN(C)C(=O)N1CCN(C(=O)N2CCC(c3cccnc3)C2)c2ccccc21. The summed E-state index contributed by atoms with van der Waals surface area (Å²) < 4.78 is 0. The van der Waals surface area contributed by atoms with Crippen LogP contribution in [0.4, 0.5) is 21.0 Å². The van der Waals surface area contributed by atoms with E-state index in [1.54, 1.807) is 35.0 Å². The van der Waals surface area contributed by atoms with Gasteiger partial charge in [0.2, 0.25) is 0 Å². The molecule has 1 saturated heterocycles. The highest BCUT2D eigenvalue weighted by Crippen LogP contribution is 2.35. The number of benzene rings is 1. The molecule has 2 aromatic rings. The van der Waals surface area contributed by atoms with Crippen LogP contribution in [-0.4, -0.2) is 67.1 Å². The van der Waals surface area contributed by atoms with Gasteiger partial charge in [0, 0.05) is 58.6 Å². The number of carbonyl (C=O) groups is 2. The Morgan fingerprint density at radius 1 is 1.00 bits per heavy atom. The molecule has 146 valence electrons. The van der Waals surface area contributed by atoms with Crippen LogP contribution < -0.4 is 9.80 Å². The first-order valence-corrected chi connectivity index (χ1v) is 9.60. The van der Waals surface area contributed by atoms with Gasteiger partial charge in [-0.2, -0.15) is 0 Å². The average molecular weight is 379 g/mol. The predicted octanol–water partition coefficient (Wildman–Crippen LogP) is 3.00. The number of urea groups is 2. The third-order valence-corrected chi connectivity index (χ3v) is 5.47. The molecule has 0 bridgehead atoms. The van der Waals surface area contributed by atoms with Crippen LogP contribution in [-0.2, 0) is 0 Å². The minimum absolute atomic E-state index is 0.00999. The van der Waals surface area contributed by atoms with Crippen molar-refractivity contribution in [2.45, 2.75) is 12.3 Å². The monoisotopic (exact) mass is 379 g/mol. The summed E-state index contributed by atoms with van der Waals surface area (Å²) in [5.41, 5.74) is 2.75. The van der Waals surface area contributed by atoms with Gasteiger partial charge in [-0.1, -0.05) is 18.2 Å². The number of carbonyl (C=O) groups excluding carboxylic acids is 2. The van der Waals surface area contributed by atoms with Gasteiger partial charge in [0.25, 0.3) is 0 Å². The molecular formula is C21H25N5O2. The van der Waals surface area contributed by atoms with Crippen molar-refractivity contribution in [3.05, 3.63) is 54.4 Å². The summed E-state index contributed by atoms with van der Waals surface area (Å²) in [6, 6.07) is 11.6. The van der Waals surface area contributed by atoms with Crippen LogP contribution in [0.3, 0.4) is 0 Å². The van der Waals surface area contributed by atoms with Crippen molar-refractivity contribution in [3.63, 3.8) is 0 Å². The molecule has 0 aliphatic carbocycles. The first-order chi connectivity index (χ1) is 13.6. The van der Waals surface area contributed by atoms with Gasteiger partial charge in [0.15, 0.2) is 0 Å². The van der Waals surface area contributed by atoms with Crippen molar-refractivity contribution in [2.75, 3.05) is 50.1 Å². The molecule has 4 rings (SSSR count). The van der Waals surface area contributed by atoms with E-state index in [0.29, 0.717) is 25.6 Å². The minimum Gasteiger partial charge on any atom is -0.330 e. The van der Waals surface area contributed by atoms with E-state index in [-0.39, 0.29) is 12.1 Å². The second-order valence-corrected chi connectivity index (χ2v) is 7.47. The fourth-order valence-corrected chi connectivity index (χ4v) is 3.99. The number of para-hydroxylation sites is 2. The van der Waals surface area contributed by atoms with Crippen LogP contribution in [0.15, 0.2) is 48.8 Å². The van der Waals surface area contributed by atoms with Gasteiger partial charge in [-0.3, -0.25) is 14.8 Å². The molecule has 4 amide bonds. The Kier molecular flexibility index (Phi) is 4.90. The zero-order valence-corrected chi connectivity index (χ0v) is 16.3. The molecule has 2 aliphatic rings. The number of rotatable bonds is 1. The summed E-state index contributed by atoms with van der Waals surface area (Å²) >= 11 is 0. The third-order valence-electron chi connectivity index (χ3n) is 5.47. The fraction of sp³-hybridized carbons (Fsp3) is 0.381. The van der Waals surface area contributed by atoms with E-state index in [1.165, 1.54) is 5.56 Å². The van der Waals surface area contributed by atoms with E-state index < -0.39 is 0 Å². The lowest BCUT2D eigenvalue weighted by Crippen LogP contribution is -2.52. The summed E-state index contributed by atoms with van der Waals surface area (Å²) in [5, 5.41) is 0. The van der Waals surface area contributed by atoms with E-state index in [4.69, 9.17) is 0 Å². The van der Waals surface area contributed by atoms with Crippen LogP contribution in [0.5, 0.6) is 0 Å². The zero-order chi connectivity index (χ0) is 19.7. The molecule has 1 unspecified atom stereocenters. The maximum Gasteiger partial charge on any atom is 0.324 e. The second kappa shape index (κ2) is 7.50. The van der Waals surface area contributed by atoms with Gasteiger partial charge in [-0.25, -0.2) is 9.59 Å². The van der Waals surface area contributed by atoms with E-state index in [2.05, 4.69) is 11.1 Å². The number of likely N-dealkylation sites (tertiary alicyclic amines) is 1. The Bertz CT molecular complexity index is 870. The molecule has 1 fully saturated rings. The van der Waals surface area contributed by atoms with E-state index in [0.717, 1.165) is 24.3 Å². The van der Waals surface area contributed by atoms with Gasteiger partial charge in [0.05, 0.1) is 11.4 Å². The maximum atomic E-state index is 13.3. The summed E-state index contributed by atoms with van der Waals surface area (Å²) in [6.45, 7) is 2.41. The predicted molar refractivity (Wildman–Crippen MR) is 109 cm³/mol. The summed E-state index contributed by atoms with van der Waals surface area (Å²) in [4.78, 5) is 37.0. The summed E-state index contributed by atoms with van der Waals surface area (Å²) in [6.07, 6.45) is 4.60. The Balaban J connectivity index is 1.54. The van der Waals surface area contributed by atoms with Crippen LogP contribution in [0.25, 0.3) is 0 Å². The zero-order valence-electron chi connectivity index (χ0n) is 16.3. The first-order valence-electron chi connectivity index (χ1n) is 9.60. The number of fused-ring (bicyclic) bond motifs is 1. The topological polar surface area (TPSA) is 60.0 Å². The number of amides is 4. The summed E-state index contributed by atoms with van der Waals surface area (Å²) in [7, 11) is 3.48. The summed E-state index contributed by atoms with van der Waals surface area (Å²) in [5.74, 6) is 0.324. The second-order valence-electron chi connectivity index (χ2n) is 7.47. The minimum atomic E-state index is -0.0719. The highest BCUT2D eigenvalue weighted by atomic mass is 16.2. The average Bonchev–Trinajstić information content (AvgIpc) is 3.23. The van der Waals surface area contributed by atoms with E-state index >= 15 is 0 Å². The largest absolute Gasteiger partial charge is 0.330 e. The third kappa shape index (κ3) is 3.28. The molecule has 0 spiro atoms. The molecule has 1 aromatic carbocycles. The van der Waals surface area contributed by atoms with E-state index in [1.807, 2.05) is 41.4 Å².